The predicted octanol–water partition coefficient (Wildman–Crippen LogP) is 10.7. The molecule has 4 heterocycles. The number of carboxylic acids is 1. The van der Waals surface area contributed by atoms with Crippen molar-refractivity contribution in [3.05, 3.63) is 151 Å². The number of nitrogens with one attached hydrogen (secondary N) is 3. The van der Waals surface area contributed by atoms with Crippen molar-refractivity contribution in [1.82, 2.24) is 30.2 Å². The van der Waals surface area contributed by atoms with Gasteiger partial charge >= 0.3 is 5.97 Å². The number of carbonyl (C=O) groups is 2. The largest absolute Gasteiger partial charge is 0.478 e. The fourth-order valence-corrected chi connectivity index (χ4v) is 7.92. The van der Waals surface area contributed by atoms with E-state index in [1.165, 1.54) is 11.1 Å². The molecule has 8 rings (SSSR count). The van der Waals surface area contributed by atoms with Crippen LogP contribution in [0.5, 0.6) is 0 Å². The number of carbonyl (C=O) groups excluding carboxylic acids is 1. The van der Waals surface area contributed by atoms with Gasteiger partial charge in [-0.25, -0.2) is 14.8 Å². The van der Waals surface area contributed by atoms with E-state index in [9.17, 15) is 14.7 Å². The number of nitriles is 2. The zero-order valence-corrected chi connectivity index (χ0v) is 39.3. The number of carboxylic acid groups (broad SMARTS) is 1. The lowest BCUT2D eigenvalue weighted by atomic mass is 9.89. The molecule has 2 saturated heterocycles. The van der Waals surface area contributed by atoms with Crippen LogP contribution in [0, 0.1) is 64.2 Å². The molecule has 2 fully saturated rings. The van der Waals surface area contributed by atoms with Gasteiger partial charge in [-0.2, -0.15) is 10.5 Å². The van der Waals surface area contributed by atoms with Crippen molar-refractivity contribution < 1.29 is 14.7 Å². The highest BCUT2D eigenvalue weighted by molar-refractivity contribution is 5.98. The number of likely N-dealkylation sites (tertiary alicyclic amines) is 1. The minimum Gasteiger partial charge on any atom is -0.478 e. The van der Waals surface area contributed by atoms with E-state index in [1.54, 1.807) is 6.07 Å². The number of hydrogen-bond donors (Lipinski definition) is 4. The van der Waals surface area contributed by atoms with Crippen LogP contribution in [0.15, 0.2) is 72.8 Å². The normalized spacial score (nSPS) is 13.3. The maximum Gasteiger partial charge on any atom is 0.335 e. The third kappa shape index (κ3) is 10.8. The van der Waals surface area contributed by atoms with E-state index in [0.29, 0.717) is 47.9 Å². The molecule has 1 amide bonds. The zero-order chi connectivity index (χ0) is 45.7. The first kappa shape index (κ1) is 48.5. The Bertz CT molecular complexity index is 2710. The van der Waals surface area contributed by atoms with Gasteiger partial charge in [-0.05, 0) is 111 Å². The van der Waals surface area contributed by atoms with E-state index in [0.717, 1.165) is 92.0 Å². The number of aromatic nitrogens is 4. The van der Waals surface area contributed by atoms with Crippen molar-refractivity contribution in [2.24, 2.45) is 0 Å². The van der Waals surface area contributed by atoms with Gasteiger partial charge in [0.1, 0.15) is 11.6 Å². The second-order valence-electron chi connectivity index (χ2n) is 17.5. The first-order valence-corrected chi connectivity index (χ1v) is 21.6. The Kier molecular flexibility index (Phi) is 15.7. The number of hydrogen-bond acceptors (Lipinski definition) is 7. The van der Waals surface area contributed by atoms with E-state index in [4.69, 9.17) is 15.5 Å². The summed E-state index contributed by atoms with van der Waals surface area (Å²) in [5.41, 5.74) is 14.6. The molecule has 0 radical (unpaired) electrons. The Labute approximate surface area is 383 Å². The fraction of sp³-hybridized carbons (Fsp3) is 0.346. The van der Waals surface area contributed by atoms with Gasteiger partial charge in [-0.15, -0.1) is 12.4 Å². The lowest BCUT2D eigenvalue weighted by molar-refractivity contribution is 0.0601. The molecule has 2 aliphatic heterocycles. The van der Waals surface area contributed by atoms with Crippen LogP contribution >= 0.6 is 12.4 Å². The van der Waals surface area contributed by atoms with Crippen molar-refractivity contribution in [1.29, 1.82) is 10.5 Å². The monoisotopic (exact) mass is 878 g/mol. The van der Waals surface area contributed by atoms with Gasteiger partial charge in [-0.1, -0.05) is 64.1 Å². The number of aromatic carboxylic acids is 1. The van der Waals surface area contributed by atoms with Crippen molar-refractivity contribution in [2.45, 2.75) is 92.9 Å². The SMILES string of the molecule is Cc1cc(C)c(-c2nc(C(C)C)[nH]c2C)cc1C(=O)N1CC(c2ccc(C#N)cc2)C1.Cc1cc(C)c(-c2nc(C(C)C)[nH]c2C)cc1C(=O)O.Cl.N#Cc1ccc(C2CNC2)cc1. The average molecular weight is 880 g/mol. The molecule has 2 aromatic heterocycles. The summed E-state index contributed by atoms with van der Waals surface area (Å²) in [5, 5.41) is 30.0. The molecular formula is C52H59ClN8O3. The number of amides is 1. The molecule has 0 atom stereocenters. The first-order valence-electron chi connectivity index (χ1n) is 21.6. The third-order valence-electron chi connectivity index (χ3n) is 12.0. The smallest absolute Gasteiger partial charge is 0.335 e. The van der Waals surface area contributed by atoms with Gasteiger partial charge in [0.05, 0.1) is 40.2 Å². The van der Waals surface area contributed by atoms with Crippen LogP contribution in [0.2, 0.25) is 0 Å². The molecular weight excluding hydrogens is 820 g/mol. The molecule has 2 aliphatic rings. The average Bonchev–Trinajstić information content (AvgIpc) is 3.80. The molecule has 0 bridgehead atoms. The molecule has 4 N–H and O–H groups in total. The molecule has 0 saturated carbocycles. The maximum atomic E-state index is 13.3. The summed E-state index contributed by atoms with van der Waals surface area (Å²) in [5.74, 6) is 2.68. The van der Waals surface area contributed by atoms with Crippen LogP contribution < -0.4 is 5.32 Å². The topological polar surface area (TPSA) is 175 Å². The molecule has 12 heteroatoms. The Morgan fingerprint density at radius 1 is 0.641 bits per heavy atom. The summed E-state index contributed by atoms with van der Waals surface area (Å²) >= 11 is 0. The van der Waals surface area contributed by atoms with Crippen LogP contribution in [-0.4, -0.2) is 68.0 Å². The lowest BCUT2D eigenvalue weighted by Gasteiger charge is -2.40. The summed E-state index contributed by atoms with van der Waals surface area (Å²) in [6, 6.07) is 27.5. The van der Waals surface area contributed by atoms with Crippen molar-refractivity contribution in [3.63, 3.8) is 0 Å². The number of halogens is 1. The molecule has 0 aliphatic carbocycles. The molecule has 6 aromatic rings. The number of H-pyrrole nitrogens is 2. The van der Waals surface area contributed by atoms with Crippen molar-refractivity contribution >= 4 is 24.3 Å². The van der Waals surface area contributed by atoms with E-state index in [-0.39, 0.29) is 18.3 Å². The van der Waals surface area contributed by atoms with Gasteiger partial charge < -0.3 is 25.3 Å². The number of aromatic amines is 2. The van der Waals surface area contributed by atoms with Crippen LogP contribution in [0.1, 0.15) is 140 Å². The Morgan fingerprint density at radius 2 is 1.05 bits per heavy atom. The molecule has 64 heavy (non-hydrogen) atoms. The number of imidazole rings is 2. The molecule has 4 aromatic carbocycles. The van der Waals surface area contributed by atoms with Crippen molar-refractivity contribution in [3.8, 4) is 34.7 Å². The highest BCUT2D eigenvalue weighted by Gasteiger charge is 2.33. The minimum absolute atomic E-state index is 0. The number of nitrogens with zero attached hydrogens (tertiary/aromatic N) is 5. The van der Waals surface area contributed by atoms with Gasteiger partial charge in [0, 0.05) is 77.9 Å². The molecule has 0 spiro atoms. The molecule has 11 nitrogen and oxygen atoms in total. The molecule has 0 unspecified atom stereocenters. The van der Waals surface area contributed by atoms with E-state index in [2.05, 4.69) is 73.1 Å². The van der Waals surface area contributed by atoms with Gasteiger partial charge in [0.15, 0.2) is 0 Å². The van der Waals surface area contributed by atoms with E-state index < -0.39 is 5.97 Å². The summed E-state index contributed by atoms with van der Waals surface area (Å²) in [6.45, 7) is 23.8. The standard InChI is InChI=1S/C26H28N4O.C16H20N2O2.C10H10N2.ClH/c1-15(2)25-28-18(5)24(29-25)22-11-23(17(4)10-16(22)3)26(31)30-13-21(14-30)20-8-6-19(12-27)7-9-20;1-8(2)15-17-11(5)14(18-15)12-7-13(16(19)20)10(4)6-9(12)3;11-5-8-1-3-9(4-2-8)10-6-12-7-10;/h6-11,15,21H,13-14H2,1-5H3,(H,28,29);6-8H,1-5H3,(H,17,18)(H,19,20);1-4,10,12H,6-7H2;1H. The zero-order valence-electron chi connectivity index (χ0n) is 38.5. The maximum absolute atomic E-state index is 13.3. The second kappa shape index (κ2) is 20.8. The Balaban J connectivity index is 0.000000199. The summed E-state index contributed by atoms with van der Waals surface area (Å²) in [7, 11) is 0. The summed E-state index contributed by atoms with van der Waals surface area (Å²) in [4.78, 5) is 42.6. The second-order valence-corrected chi connectivity index (χ2v) is 17.5. The third-order valence-corrected chi connectivity index (χ3v) is 12.0. The fourth-order valence-electron chi connectivity index (χ4n) is 7.92. The highest BCUT2D eigenvalue weighted by Crippen LogP contribution is 2.34. The number of aryl methyl sites for hydroxylation is 6. The van der Waals surface area contributed by atoms with Crippen LogP contribution in [0.4, 0.5) is 0 Å². The quantitative estimate of drug-likeness (QED) is 0.117. The Hall–Kier alpha value is -6.53. The van der Waals surface area contributed by atoms with Gasteiger partial charge in [0.25, 0.3) is 5.91 Å². The Morgan fingerprint density at radius 3 is 1.41 bits per heavy atom. The number of rotatable bonds is 8. The van der Waals surface area contributed by atoms with E-state index >= 15 is 0 Å². The van der Waals surface area contributed by atoms with E-state index in [1.807, 2.05) is 100 Å². The predicted molar refractivity (Wildman–Crippen MR) is 255 cm³/mol. The lowest BCUT2D eigenvalue weighted by Crippen LogP contribution is -2.48. The highest BCUT2D eigenvalue weighted by atomic mass is 35.5. The van der Waals surface area contributed by atoms with Gasteiger partial charge in [0.2, 0.25) is 0 Å². The van der Waals surface area contributed by atoms with Crippen LogP contribution in [0.25, 0.3) is 22.5 Å². The number of benzene rings is 4. The van der Waals surface area contributed by atoms with Crippen molar-refractivity contribution in [2.75, 3.05) is 26.2 Å². The summed E-state index contributed by atoms with van der Waals surface area (Å²) in [6.07, 6.45) is 0. The first-order chi connectivity index (χ1) is 30.0. The van der Waals surface area contributed by atoms with Crippen LogP contribution in [-0.2, 0) is 0 Å². The minimum atomic E-state index is -0.902. The van der Waals surface area contributed by atoms with Crippen LogP contribution in [0.3, 0.4) is 0 Å². The molecule has 332 valence electrons. The summed E-state index contributed by atoms with van der Waals surface area (Å²) < 4.78 is 0. The van der Waals surface area contributed by atoms with Gasteiger partial charge in [-0.3, -0.25) is 4.79 Å².